The lowest BCUT2D eigenvalue weighted by Gasteiger charge is -2.19. The van der Waals surface area contributed by atoms with Gasteiger partial charge in [-0.3, -0.25) is 0 Å². The van der Waals surface area contributed by atoms with Crippen molar-refractivity contribution in [2.75, 3.05) is 19.0 Å². The zero-order chi connectivity index (χ0) is 12.8. The number of carbonyl (C=O) groups is 1. The minimum absolute atomic E-state index is 0.436. The lowest BCUT2D eigenvalue weighted by molar-refractivity contribution is 0.0531. The third-order valence-electron chi connectivity index (χ3n) is 1.45. The van der Waals surface area contributed by atoms with Gasteiger partial charge < -0.3 is 14.6 Å². The topological polar surface area (TPSA) is 55.4 Å². The van der Waals surface area contributed by atoms with Crippen LogP contribution in [0.15, 0.2) is 12.4 Å². The number of amides is 1. The Morgan fingerprint density at radius 2 is 2.12 bits per heavy atom. The van der Waals surface area contributed by atoms with Crippen molar-refractivity contribution in [2.24, 2.45) is 0 Å². The van der Waals surface area contributed by atoms with Crippen molar-refractivity contribution in [1.29, 1.82) is 0 Å². The molecule has 16 heavy (non-hydrogen) atoms. The van der Waals surface area contributed by atoms with Gasteiger partial charge in [0.25, 0.3) is 0 Å². The Kier molecular flexibility index (Phi) is 6.19. The molecule has 1 atom stereocenters. The Balaban J connectivity index is 3.72. The second kappa shape index (κ2) is 6.36. The minimum Gasteiger partial charge on any atom is -0.444 e. The molecule has 0 aromatic rings. The predicted octanol–water partition coefficient (Wildman–Crippen LogP) is 3.30. The monoisotopic (exact) mass is 265 g/mol. The first-order valence-corrected chi connectivity index (χ1v) is 8.80. The predicted molar refractivity (Wildman–Crippen MR) is 70.4 cm³/mol. The molecule has 0 heterocycles. The molecule has 0 aliphatic heterocycles. The number of carbonyl (C=O) groups excluding carboxylic acids is 1. The van der Waals surface area contributed by atoms with Crippen LogP contribution in [0, 0.1) is 0 Å². The van der Waals surface area contributed by atoms with Crippen LogP contribution < -0.4 is 5.32 Å². The largest absolute Gasteiger partial charge is 0.444 e. The number of ether oxygens (including phenoxy) is 1. The van der Waals surface area contributed by atoms with Crippen LogP contribution in [0.3, 0.4) is 0 Å². The standard InChI is InChI=1S/C10H20NO3PS/c1-6-15(5,13)16-8-7-11-9(12)14-10(2,3)4/h6H,1,7-8H2,2-5H3,(H,11,12). The van der Waals surface area contributed by atoms with E-state index in [1.54, 1.807) is 27.4 Å². The second-order valence-electron chi connectivity index (χ2n) is 4.35. The number of rotatable bonds is 5. The molecule has 0 bridgehead atoms. The van der Waals surface area contributed by atoms with Crippen molar-refractivity contribution in [3.63, 3.8) is 0 Å². The second-order valence-corrected chi connectivity index (χ2v) is 10.2. The molecule has 0 rings (SSSR count). The van der Waals surface area contributed by atoms with Crippen LogP contribution in [0.4, 0.5) is 4.79 Å². The van der Waals surface area contributed by atoms with E-state index in [0.717, 1.165) is 0 Å². The highest BCUT2D eigenvalue weighted by Gasteiger charge is 2.16. The van der Waals surface area contributed by atoms with Gasteiger partial charge in [0.15, 0.2) is 6.34 Å². The Morgan fingerprint density at radius 1 is 1.56 bits per heavy atom. The van der Waals surface area contributed by atoms with E-state index in [1.807, 2.05) is 0 Å². The summed E-state index contributed by atoms with van der Waals surface area (Å²) in [5, 5.41) is 2.60. The molecule has 0 saturated heterocycles. The maximum Gasteiger partial charge on any atom is 0.407 e. The van der Waals surface area contributed by atoms with Crippen molar-refractivity contribution in [3.8, 4) is 0 Å². The van der Waals surface area contributed by atoms with Crippen LogP contribution in [0.2, 0.25) is 0 Å². The van der Waals surface area contributed by atoms with Gasteiger partial charge in [0, 0.05) is 19.0 Å². The SMILES string of the molecule is C=CP(C)(=O)SCCNC(=O)OC(C)(C)C. The van der Waals surface area contributed by atoms with E-state index in [1.165, 1.54) is 17.2 Å². The molecule has 1 amide bonds. The van der Waals surface area contributed by atoms with E-state index in [9.17, 15) is 9.36 Å². The lowest BCUT2D eigenvalue weighted by atomic mass is 10.2. The zero-order valence-corrected chi connectivity index (χ0v) is 12.0. The zero-order valence-electron chi connectivity index (χ0n) is 10.3. The van der Waals surface area contributed by atoms with Gasteiger partial charge in [-0.2, -0.15) is 0 Å². The summed E-state index contributed by atoms with van der Waals surface area (Å²) in [6.45, 7) is 11.0. The van der Waals surface area contributed by atoms with Crippen LogP contribution in [-0.4, -0.2) is 30.7 Å². The minimum atomic E-state index is -2.29. The highest BCUT2D eigenvalue weighted by atomic mass is 32.7. The van der Waals surface area contributed by atoms with Gasteiger partial charge in [0.1, 0.15) is 5.60 Å². The summed E-state index contributed by atoms with van der Waals surface area (Å²) in [5.41, 5.74) is -0.488. The molecule has 0 aromatic carbocycles. The van der Waals surface area contributed by atoms with Crippen molar-refractivity contribution in [3.05, 3.63) is 12.4 Å². The lowest BCUT2D eigenvalue weighted by Crippen LogP contribution is -2.33. The van der Waals surface area contributed by atoms with Crippen LogP contribution in [-0.2, 0) is 9.30 Å². The fourth-order valence-corrected chi connectivity index (χ4v) is 3.09. The smallest absolute Gasteiger partial charge is 0.407 e. The molecule has 94 valence electrons. The van der Waals surface area contributed by atoms with Crippen molar-refractivity contribution >= 4 is 23.8 Å². The maximum absolute atomic E-state index is 11.6. The number of hydrogen-bond acceptors (Lipinski definition) is 4. The van der Waals surface area contributed by atoms with Crippen molar-refractivity contribution < 1.29 is 14.1 Å². The van der Waals surface area contributed by atoms with Gasteiger partial charge >= 0.3 is 6.09 Å². The fourth-order valence-electron chi connectivity index (χ4n) is 0.747. The van der Waals surface area contributed by atoms with E-state index < -0.39 is 18.0 Å². The van der Waals surface area contributed by atoms with Gasteiger partial charge in [-0.15, -0.1) is 0 Å². The number of nitrogens with one attached hydrogen (secondary N) is 1. The van der Waals surface area contributed by atoms with E-state index in [0.29, 0.717) is 12.3 Å². The molecule has 4 nitrogen and oxygen atoms in total. The van der Waals surface area contributed by atoms with E-state index in [2.05, 4.69) is 11.9 Å². The number of alkyl carbamates (subject to hydrolysis) is 1. The summed E-state index contributed by atoms with van der Waals surface area (Å²) >= 11 is 1.31. The molecular formula is C10H20NO3PS. The molecule has 1 N–H and O–H groups in total. The average molecular weight is 265 g/mol. The van der Waals surface area contributed by atoms with E-state index in [-0.39, 0.29) is 0 Å². The summed E-state index contributed by atoms with van der Waals surface area (Å²) in [6.07, 6.45) is -2.73. The Bertz CT molecular complexity index is 299. The van der Waals surface area contributed by atoms with Gasteiger partial charge in [-0.05, 0) is 26.6 Å². The third-order valence-corrected chi connectivity index (χ3v) is 5.55. The average Bonchev–Trinajstić information content (AvgIpc) is 2.10. The normalized spacial score (nSPS) is 15.0. The van der Waals surface area contributed by atoms with Crippen molar-refractivity contribution in [1.82, 2.24) is 5.32 Å². The molecule has 0 radical (unpaired) electrons. The summed E-state index contributed by atoms with van der Waals surface area (Å²) < 4.78 is 16.6. The fraction of sp³-hybridized carbons (Fsp3) is 0.700. The maximum atomic E-state index is 11.6. The molecule has 0 aliphatic rings. The van der Waals surface area contributed by atoms with Crippen LogP contribution >= 0.6 is 17.7 Å². The summed E-state index contributed by atoms with van der Waals surface area (Å²) in [7, 11) is 0. The quantitative estimate of drug-likeness (QED) is 0.612. The molecule has 0 saturated carbocycles. The molecule has 6 heteroatoms. The van der Waals surface area contributed by atoms with Crippen molar-refractivity contribution in [2.45, 2.75) is 26.4 Å². The third kappa shape index (κ3) is 8.86. The van der Waals surface area contributed by atoms with Crippen LogP contribution in [0.5, 0.6) is 0 Å². The first kappa shape index (κ1) is 15.6. The molecular weight excluding hydrogens is 245 g/mol. The first-order chi connectivity index (χ1) is 7.16. The molecule has 0 fully saturated rings. The van der Waals surface area contributed by atoms with Gasteiger partial charge in [0.2, 0.25) is 0 Å². The first-order valence-electron chi connectivity index (χ1n) is 4.98. The summed E-state index contributed by atoms with van der Waals surface area (Å²) in [6, 6.07) is 0. The van der Waals surface area contributed by atoms with Crippen LogP contribution in [0.1, 0.15) is 20.8 Å². The molecule has 0 aromatic heterocycles. The van der Waals surface area contributed by atoms with E-state index in [4.69, 9.17) is 4.74 Å². The van der Waals surface area contributed by atoms with Crippen LogP contribution in [0.25, 0.3) is 0 Å². The number of hydrogen-bond donors (Lipinski definition) is 1. The summed E-state index contributed by atoms with van der Waals surface area (Å²) in [4.78, 5) is 11.2. The Labute approximate surface area is 101 Å². The van der Waals surface area contributed by atoms with Gasteiger partial charge in [-0.25, -0.2) is 4.79 Å². The summed E-state index contributed by atoms with van der Waals surface area (Å²) in [5.74, 6) is 2.05. The molecule has 0 spiro atoms. The van der Waals surface area contributed by atoms with Gasteiger partial charge in [0.05, 0.1) is 0 Å². The molecule has 1 unspecified atom stereocenters. The van der Waals surface area contributed by atoms with Gasteiger partial charge in [-0.1, -0.05) is 18.0 Å². The van der Waals surface area contributed by atoms with E-state index >= 15 is 0 Å². The molecule has 0 aliphatic carbocycles. The highest BCUT2D eigenvalue weighted by molar-refractivity contribution is 8.58. The highest BCUT2D eigenvalue weighted by Crippen LogP contribution is 2.55. The Morgan fingerprint density at radius 3 is 2.56 bits per heavy atom. The Hall–Kier alpha value is -0.410.